The first-order chi connectivity index (χ1) is 17.2. The van der Waals surface area contributed by atoms with Crippen molar-refractivity contribution in [1.82, 2.24) is 10.2 Å². The summed E-state index contributed by atoms with van der Waals surface area (Å²) in [5.41, 5.74) is 1.66. The van der Waals surface area contributed by atoms with E-state index in [4.69, 9.17) is 34.8 Å². The van der Waals surface area contributed by atoms with Crippen LogP contribution in [0.3, 0.4) is 0 Å². The van der Waals surface area contributed by atoms with Gasteiger partial charge in [0, 0.05) is 30.1 Å². The number of hydrogen-bond acceptors (Lipinski definition) is 2. The normalized spacial score (nSPS) is 11.9. The maximum atomic E-state index is 14.5. The average molecular weight is 550 g/mol. The Morgan fingerprint density at radius 1 is 0.889 bits per heavy atom. The monoisotopic (exact) mass is 548 g/mol. The molecule has 3 aromatic rings. The molecule has 0 bridgehead atoms. The molecule has 0 radical (unpaired) electrons. The molecule has 1 atom stereocenters. The zero-order chi connectivity index (χ0) is 26.2. The molecule has 1 N–H and O–H groups in total. The van der Waals surface area contributed by atoms with E-state index >= 15 is 0 Å². The van der Waals surface area contributed by atoms with Gasteiger partial charge in [0.1, 0.15) is 11.9 Å². The predicted octanol–water partition coefficient (Wildman–Crippen LogP) is 6.74. The van der Waals surface area contributed by atoms with E-state index in [2.05, 4.69) is 5.32 Å². The van der Waals surface area contributed by atoms with Crippen LogP contribution in [0.2, 0.25) is 15.1 Å². The third kappa shape index (κ3) is 7.70. The molecule has 0 heterocycles. The summed E-state index contributed by atoms with van der Waals surface area (Å²) in [7, 11) is 0. The molecule has 0 aliphatic rings. The number of hydrogen-bond donors (Lipinski definition) is 1. The first-order valence-electron chi connectivity index (χ1n) is 11.6. The molecule has 0 aliphatic carbocycles. The van der Waals surface area contributed by atoms with Crippen molar-refractivity contribution >= 4 is 46.6 Å². The highest BCUT2D eigenvalue weighted by atomic mass is 35.5. The van der Waals surface area contributed by atoms with Gasteiger partial charge in [0.25, 0.3) is 0 Å². The van der Waals surface area contributed by atoms with Crippen LogP contribution < -0.4 is 5.32 Å². The van der Waals surface area contributed by atoms with Gasteiger partial charge in [0.05, 0.1) is 16.5 Å². The van der Waals surface area contributed by atoms with E-state index in [0.717, 1.165) is 5.56 Å². The average Bonchev–Trinajstić information content (AvgIpc) is 2.84. The number of carbonyl (C=O) groups is 2. The van der Waals surface area contributed by atoms with Gasteiger partial charge < -0.3 is 10.2 Å². The number of benzene rings is 3. The van der Waals surface area contributed by atoms with E-state index < -0.39 is 17.8 Å². The van der Waals surface area contributed by atoms with E-state index in [0.29, 0.717) is 22.2 Å². The fourth-order valence-electron chi connectivity index (χ4n) is 3.77. The molecule has 2 amide bonds. The van der Waals surface area contributed by atoms with Gasteiger partial charge in [-0.1, -0.05) is 91.1 Å². The smallest absolute Gasteiger partial charge is 0.243 e. The van der Waals surface area contributed by atoms with Crippen molar-refractivity contribution in [1.29, 1.82) is 0 Å². The SMILES string of the molecule is CC(C)CNC(=O)C(Cc1ccccc1)N(Cc1ccc(Cl)c(Cl)c1)C(=O)Cc1c(F)cccc1Cl. The fourth-order valence-corrected chi connectivity index (χ4v) is 4.32. The lowest BCUT2D eigenvalue weighted by molar-refractivity contribution is -0.140. The van der Waals surface area contributed by atoms with E-state index in [9.17, 15) is 14.0 Å². The van der Waals surface area contributed by atoms with Gasteiger partial charge >= 0.3 is 0 Å². The molecule has 0 fully saturated rings. The second-order valence-corrected chi connectivity index (χ2v) is 10.2. The van der Waals surface area contributed by atoms with Gasteiger partial charge in [-0.3, -0.25) is 9.59 Å². The zero-order valence-electron chi connectivity index (χ0n) is 20.1. The number of nitrogens with zero attached hydrogens (tertiary/aromatic N) is 1. The van der Waals surface area contributed by atoms with Crippen molar-refractivity contribution in [3.05, 3.63) is 104 Å². The number of halogens is 4. The predicted molar refractivity (Wildman–Crippen MR) is 144 cm³/mol. The van der Waals surface area contributed by atoms with Crippen LogP contribution in [-0.4, -0.2) is 29.3 Å². The van der Waals surface area contributed by atoms with Crippen LogP contribution in [0.1, 0.15) is 30.5 Å². The molecule has 0 saturated heterocycles. The lowest BCUT2D eigenvalue weighted by atomic mass is 10.0. The molecule has 0 saturated carbocycles. The molecule has 0 spiro atoms. The van der Waals surface area contributed by atoms with Crippen LogP contribution in [0.4, 0.5) is 4.39 Å². The molecular formula is C28H28Cl3FN2O2. The van der Waals surface area contributed by atoms with Crippen LogP contribution in [0, 0.1) is 11.7 Å². The van der Waals surface area contributed by atoms with Crippen molar-refractivity contribution < 1.29 is 14.0 Å². The topological polar surface area (TPSA) is 49.4 Å². The van der Waals surface area contributed by atoms with E-state index in [1.165, 1.54) is 23.1 Å². The second kappa shape index (κ2) is 13.1. The second-order valence-electron chi connectivity index (χ2n) is 8.99. The number of rotatable bonds is 10. The highest BCUT2D eigenvalue weighted by Crippen LogP contribution is 2.26. The largest absolute Gasteiger partial charge is 0.354 e. The minimum atomic E-state index is -0.848. The summed E-state index contributed by atoms with van der Waals surface area (Å²) in [5.74, 6) is -1.08. The van der Waals surface area contributed by atoms with Crippen molar-refractivity contribution in [3.63, 3.8) is 0 Å². The molecule has 3 rings (SSSR count). The van der Waals surface area contributed by atoms with Gasteiger partial charge in [-0.15, -0.1) is 0 Å². The summed E-state index contributed by atoms with van der Waals surface area (Å²) in [6, 6.07) is 17.9. The van der Waals surface area contributed by atoms with Crippen LogP contribution in [0.25, 0.3) is 0 Å². The number of carbonyl (C=O) groups excluding carboxylic acids is 2. The molecular weight excluding hydrogens is 522 g/mol. The van der Waals surface area contributed by atoms with Gasteiger partial charge in [-0.25, -0.2) is 4.39 Å². The van der Waals surface area contributed by atoms with Gasteiger partial charge in [0.15, 0.2) is 0 Å². The van der Waals surface area contributed by atoms with E-state index in [-0.39, 0.29) is 41.8 Å². The molecule has 4 nitrogen and oxygen atoms in total. The summed E-state index contributed by atoms with van der Waals surface area (Å²) in [5, 5.41) is 3.82. The molecule has 0 aromatic heterocycles. The lowest BCUT2D eigenvalue weighted by Crippen LogP contribution is -2.51. The van der Waals surface area contributed by atoms with Crippen LogP contribution >= 0.6 is 34.8 Å². The third-order valence-corrected chi connectivity index (χ3v) is 6.78. The summed E-state index contributed by atoms with van der Waals surface area (Å²) >= 11 is 18.5. The Hall–Kier alpha value is -2.60. The van der Waals surface area contributed by atoms with Crippen LogP contribution in [0.15, 0.2) is 66.7 Å². The third-order valence-electron chi connectivity index (χ3n) is 5.68. The summed E-state index contributed by atoms with van der Waals surface area (Å²) in [6.45, 7) is 4.52. The van der Waals surface area contributed by atoms with Crippen molar-refractivity contribution in [2.24, 2.45) is 5.92 Å². The van der Waals surface area contributed by atoms with Crippen molar-refractivity contribution in [3.8, 4) is 0 Å². The van der Waals surface area contributed by atoms with Gasteiger partial charge in [-0.05, 0) is 41.3 Å². The minimum Gasteiger partial charge on any atom is -0.354 e. The summed E-state index contributed by atoms with van der Waals surface area (Å²) in [6.07, 6.45) is -0.0155. The Morgan fingerprint density at radius 3 is 2.25 bits per heavy atom. The first kappa shape index (κ1) is 28.0. The minimum absolute atomic E-state index is 0.0778. The molecule has 190 valence electrons. The highest BCUT2D eigenvalue weighted by Gasteiger charge is 2.31. The fraction of sp³-hybridized carbons (Fsp3) is 0.286. The molecule has 8 heteroatoms. The zero-order valence-corrected chi connectivity index (χ0v) is 22.4. The van der Waals surface area contributed by atoms with Crippen molar-refractivity contribution in [2.45, 2.75) is 39.3 Å². The molecule has 36 heavy (non-hydrogen) atoms. The van der Waals surface area contributed by atoms with Crippen LogP contribution in [0.5, 0.6) is 0 Å². The Kier molecular flexibility index (Phi) is 10.2. The summed E-state index contributed by atoms with van der Waals surface area (Å²) in [4.78, 5) is 28.6. The maximum Gasteiger partial charge on any atom is 0.243 e. The lowest BCUT2D eigenvalue weighted by Gasteiger charge is -2.32. The summed E-state index contributed by atoms with van der Waals surface area (Å²) < 4.78 is 14.5. The number of nitrogens with one attached hydrogen (secondary N) is 1. The Morgan fingerprint density at radius 2 is 1.61 bits per heavy atom. The van der Waals surface area contributed by atoms with Crippen molar-refractivity contribution in [2.75, 3.05) is 6.54 Å². The quantitative estimate of drug-likeness (QED) is 0.304. The van der Waals surface area contributed by atoms with Gasteiger partial charge in [0.2, 0.25) is 11.8 Å². The Labute approximate surface area is 226 Å². The molecule has 3 aromatic carbocycles. The van der Waals surface area contributed by atoms with Crippen LogP contribution in [-0.2, 0) is 29.0 Å². The van der Waals surface area contributed by atoms with E-state index in [1.54, 1.807) is 18.2 Å². The van der Waals surface area contributed by atoms with E-state index in [1.807, 2.05) is 44.2 Å². The highest BCUT2D eigenvalue weighted by molar-refractivity contribution is 6.42. The van der Waals surface area contributed by atoms with Gasteiger partial charge in [-0.2, -0.15) is 0 Å². The Bertz CT molecular complexity index is 1180. The number of amides is 2. The standard InChI is InChI=1S/C28H28Cl3FN2O2/c1-18(2)16-33-28(36)26(14-19-7-4-3-5-8-19)34(17-20-11-12-23(30)24(31)13-20)27(35)15-21-22(29)9-6-10-25(21)32/h3-13,18,26H,14-17H2,1-2H3,(H,33,36). The first-order valence-corrected chi connectivity index (χ1v) is 12.8. The Balaban J connectivity index is 2.01. The maximum absolute atomic E-state index is 14.5. The molecule has 1 unspecified atom stereocenters. The molecule has 0 aliphatic heterocycles.